The van der Waals surface area contributed by atoms with Crippen LogP contribution in [0, 0.1) is 0 Å². The summed E-state index contributed by atoms with van der Waals surface area (Å²) in [5.74, 6) is -1.14. The van der Waals surface area contributed by atoms with Crippen molar-refractivity contribution in [1.82, 2.24) is 5.32 Å². The lowest BCUT2D eigenvalue weighted by Crippen LogP contribution is -2.28. The molecule has 1 amide bonds. The number of nitrogens with one attached hydrogen (secondary N) is 1. The molecule has 0 saturated heterocycles. The van der Waals surface area contributed by atoms with Crippen molar-refractivity contribution >= 4 is 50.6 Å². The summed E-state index contributed by atoms with van der Waals surface area (Å²) in [7, 11) is 1.98. The predicted octanol–water partition coefficient (Wildman–Crippen LogP) is 6.38. The Labute approximate surface area is 201 Å². The van der Waals surface area contributed by atoms with Crippen LogP contribution >= 0.6 is 22.9 Å². The van der Waals surface area contributed by atoms with E-state index in [0.29, 0.717) is 16.4 Å². The van der Waals surface area contributed by atoms with E-state index in [2.05, 4.69) is 10.2 Å². The fourth-order valence-electron chi connectivity index (χ4n) is 3.77. The zero-order valence-electron chi connectivity index (χ0n) is 18.2. The topological polar surface area (TPSA) is 69.6 Å². The number of amides is 1. The second-order valence-electron chi connectivity index (χ2n) is 7.88. The molecule has 1 atom stereocenters. The zero-order chi connectivity index (χ0) is 23.5. The van der Waals surface area contributed by atoms with E-state index in [1.165, 1.54) is 11.3 Å². The fourth-order valence-corrected chi connectivity index (χ4v) is 5.05. The number of hydrogen-bond donors (Lipinski definition) is 2. The highest BCUT2D eigenvalue weighted by molar-refractivity contribution is 7.21. The molecule has 168 valence electrons. The molecule has 0 radical (unpaired) electrons. The van der Waals surface area contributed by atoms with E-state index in [0.717, 1.165) is 26.9 Å². The summed E-state index contributed by atoms with van der Waals surface area (Å²) in [4.78, 5) is 27.2. The summed E-state index contributed by atoms with van der Waals surface area (Å²) in [5.41, 5.74) is 3.03. The van der Waals surface area contributed by atoms with E-state index in [9.17, 15) is 9.59 Å². The number of rotatable bonds is 7. The summed E-state index contributed by atoms with van der Waals surface area (Å²) in [6.45, 7) is 2.52. The largest absolute Gasteiger partial charge is 0.478 e. The molecule has 4 aromatic rings. The van der Waals surface area contributed by atoms with Gasteiger partial charge in [0.25, 0.3) is 5.91 Å². The van der Waals surface area contributed by atoms with Crippen molar-refractivity contribution in [3.05, 3.63) is 99.4 Å². The van der Waals surface area contributed by atoms with Crippen LogP contribution in [-0.2, 0) is 6.54 Å². The van der Waals surface area contributed by atoms with Crippen LogP contribution in [0.3, 0.4) is 0 Å². The molecule has 2 N–H and O–H groups in total. The van der Waals surface area contributed by atoms with Crippen LogP contribution in [0.1, 0.15) is 44.1 Å². The van der Waals surface area contributed by atoms with Crippen LogP contribution in [0.2, 0.25) is 5.02 Å². The highest BCUT2D eigenvalue weighted by Crippen LogP contribution is 2.38. The van der Waals surface area contributed by atoms with Crippen LogP contribution in [0.15, 0.2) is 72.8 Å². The third-order valence-electron chi connectivity index (χ3n) is 5.50. The smallest absolute Gasteiger partial charge is 0.335 e. The van der Waals surface area contributed by atoms with Crippen molar-refractivity contribution in [3.63, 3.8) is 0 Å². The Hall–Kier alpha value is -3.35. The minimum atomic E-state index is -0.975. The molecule has 0 bridgehead atoms. The van der Waals surface area contributed by atoms with Crippen LogP contribution in [0.4, 0.5) is 5.69 Å². The van der Waals surface area contributed by atoms with Crippen LogP contribution in [0.25, 0.3) is 10.1 Å². The average Bonchev–Trinajstić information content (AvgIpc) is 3.20. The minimum absolute atomic E-state index is 0.163. The molecule has 3 aromatic carbocycles. The lowest BCUT2D eigenvalue weighted by Gasteiger charge is -2.21. The standard InChI is InChI=1S/C26H23ClN2O3S/c1-16(18-9-11-19(12-10-18)26(31)32)28-25(30)24-23(21-5-3-4-6-22(21)33-24)29(2)15-17-7-13-20(27)14-8-17/h3-14,16H,15H2,1-2H3,(H,28,30)(H,31,32)/t16-/m0/s1. The van der Waals surface area contributed by atoms with Crippen LogP contribution in [-0.4, -0.2) is 24.0 Å². The Morgan fingerprint density at radius 2 is 1.70 bits per heavy atom. The third-order valence-corrected chi connectivity index (χ3v) is 6.91. The van der Waals surface area contributed by atoms with E-state index in [4.69, 9.17) is 16.7 Å². The predicted molar refractivity (Wildman–Crippen MR) is 135 cm³/mol. The van der Waals surface area contributed by atoms with E-state index >= 15 is 0 Å². The minimum Gasteiger partial charge on any atom is -0.478 e. The highest BCUT2D eigenvalue weighted by Gasteiger charge is 2.23. The number of carbonyl (C=O) groups excluding carboxylic acids is 1. The van der Waals surface area contributed by atoms with E-state index in [1.807, 2.05) is 62.5 Å². The SMILES string of the molecule is C[C@H](NC(=O)c1sc2ccccc2c1N(C)Cc1ccc(Cl)cc1)c1ccc(C(=O)O)cc1. The first-order chi connectivity index (χ1) is 15.8. The molecule has 1 aromatic heterocycles. The van der Waals surface area contributed by atoms with Gasteiger partial charge in [-0.3, -0.25) is 4.79 Å². The Balaban J connectivity index is 1.61. The molecule has 0 unspecified atom stereocenters. The van der Waals surface area contributed by atoms with E-state index in [1.54, 1.807) is 24.3 Å². The molecular formula is C26H23ClN2O3S. The number of anilines is 1. The summed E-state index contributed by atoms with van der Waals surface area (Å²) < 4.78 is 1.04. The maximum absolute atomic E-state index is 13.4. The van der Waals surface area contributed by atoms with Gasteiger partial charge in [0, 0.05) is 28.7 Å². The first-order valence-corrected chi connectivity index (χ1v) is 11.6. The normalized spacial score (nSPS) is 11.8. The number of benzene rings is 3. The molecule has 7 heteroatoms. The van der Waals surface area contributed by atoms with Crippen molar-refractivity contribution in [2.45, 2.75) is 19.5 Å². The summed E-state index contributed by atoms with van der Waals surface area (Å²) in [5, 5.41) is 13.9. The van der Waals surface area contributed by atoms with Crippen molar-refractivity contribution in [2.75, 3.05) is 11.9 Å². The van der Waals surface area contributed by atoms with E-state index in [-0.39, 0.29) is 17.5 Å². The second-order valence-corrected chi connectivity index (χ2v) is 9.37. The third kappa shape index (κ3) is 5.02. The number of carboxylic acids is 1. The van der Waals surface area contributed by atoms with Crippen molar-refractivity contribution < 1.29 is 14.7 Å². The van der Waals surface area contributed by atoms with Gasteiger partial charge in [-0.1, -0.05) is 54.1 Å². The number of fused-ring (bicyclic) bond motifs is 1. The molecule has 33 heavy (non-hydrogen) atoms. The molecule has 5 nitrogen and oxygen atoms in total. The number of aromatic carboxylic acids is 1. The number of hydrogen-bond acceptors (Lipinski definition) is 4. The molecule has 0 aliphatic rings. The molecule has 0 fully saturated rings. The van der Waals surface area contributed by atoms with Crippen molar-refractivity contribution in [3.8, 4) is 0 Å². The Kier molecular flexibility index (Phi) is 6.67. The maximum atomic E-state index is 13.4. The Morgan fingerprint density at radius 1 is 1.03 bits per heavy atom. The molecule has 0 aliphatic carbocycles. The maximum Gasteiger partial charge on any atom is 0.335 e. The van der Waals surface area contributed by atoms with E-state index < -0.39 is 5.97 Å². The number of nitrogens with zero attached hydrogens (tertiary/aromatic N) is 1. The first kappa shape index (κ1) is 22.8. The fraction of sp³-hybridized carbons (Fsp3) is 0.154. The lowest BCUT2D eigenvalue weighted by molar-refractivity contribution is 0.0696. The summed E-state index contributed by atoms with van der Waals surface area (Å²) >= 11 is 7.49. The van der Waals surface area contributed by atoms with Gasteiger partial charge in [0.05, 0.1) is 17.3 Å². The van der Waals surface area contributed by atoms with Crippen LogP contribution < -0.4 is 10.2 Å². The summed E-state index contributed by atoms with van der Waals surface area (Å²) in [6.07, 6.45) is 0. The van der Waals surface area contributed by atoms with Crippen LogP contribution in [0.5, 0.6) is 0 Å². The van der Waals surface area contributed by atoms with Gasteiger partial charge in [-0.25, -0.2) is 4.79 Å². The van der Waals surface area contributed by atoms with Gasteiger partial charge in [0.1, 0.15) is 4.88 Å². The van der Waals surface area contributed by atoms with Gasteiger partial charge in [-0.05, 0) is 48.4 Å². The van der Waals surface area contributed by atoms with Crippen molar-refractivity contribution in [1.29, 1.82) is 0 Å². The number of halogens is 1. The number of carboxylic acid groups (broad SMARTS) is 1. The zero-order valence-corrected chi connectivity index (χ0v) is 19.8. The Bertz CT molecular complexity index is 1300. The summed E-state index contributed by atoms with van der Waals surface area (Å²) in [6, 6.07) is 22.0. The van der Waals surface area contributed by atoms with Gasteiger partial charge in [0.2, 0.25) is 0 Å². The molecular weight excluding hydrogens is 456 g/mol. The quantitative estimate of drug-likeness (QED) is 0.323. The molecule has 0 aliphatic heterocycles. The van der Waals surface area contributed by atoms with Gasteiger partial charge < -0.3 is 15.3 Å². The molecule has 0 saturated carbocycles. The second kappa shape index (κ2) is 9.65. The van der Waals surface area contributed by atoms with Gasteiger partial charge in [0.15, 0.2) is 0 Å². The molecule has 4 rings (SSSR count). The van der Waals surface area contributed by atoms with Gasteiger partial charge in [-0.15, -0.1) is 11.3 Å². The monoisotopic (exact) mass is 478 g/mol. The van der Waals surface area contributed by atoms with Gasteiger partial charge >= 0.3 is 5.97 Å². The highest BCUT2D eigenvalue weighted by atomic mass is 35.5. The Morgan fingerprint density at radius 3 is 2.36 bits per heavy atom. The number of thiophene rings is 1. The van der Waals surface area contributed by atoms with Crippen molar-refractivity contribution in [2.24, 2.45) is 0 Å². The average molecular weight is 479 g/mol. The first-order valence-electron chi connectivity index (χ1n) is 10.4. The van der Waals surface area contributed by atoms with Gasteiger partial charge in [-0.2, -0.15) is 0 Å². The molecule has 0 spiro atoms. The lowest BCUT2D eigenvalue weighted by atomic mass is 10.1. The number of carbonyl (C=O) groups is 2. The molecule has 1 heterocycles.